The minimum absolute atomic E-state index is 0.00986. The normalized spacial score (nSPS) is 26.4. The number of ether oxygens (including phenoxy) is 2. The van der Waals surface area contributed by atoms with Gasteiger partial charge in [-0.25, -0.2) is 0 Å². The second-order valence-corrected chi connectivity index (χ2v) is 4.51. The number of aliphatic carboxylic acids is 1. The van der Waals surface area contributed by atoms with Crippen LogP contribution in [0.25, 0.3) is 0 Å². The SMILES string of the molecule is CCN(C(C)CCOC)C1COCC1C(=O)O. The third-order valence-corrected chi connectivity index (χ3v) is 3.46. The molecule has 0 aromatic rings. The highest BCUT2D eigenvalue weighted by molar-refractivity contribution is 5.71. The van der Waals surface area contributed by atoms with E-state index >= 15 is 0 Å². The first-order chi connectivity index (χ1) is 8.11. The lowest BCUT2D eigenvalue weighted by Gasteiger charge is -2.34. The Kier molecular flexibility index (Phi) is 5.88. The van der Waals surface area contributed by atoms with E-state index in [9.17, 15) is 4.79 Å². The molecule has 1 heterocycles. The maximum atomic E-state index is 11.1. The topological polar surface area (TPSA) is 59.0 Å². The van der Waals surface area contributed by atoms with Crippen molar-refractivity contribution in [3.8, 4) is 0 Å². The molecule has 100 valence electrons. The Hall–Kier alpha value is -0.650. The van der Waals surface area contributed by atoms with Crippen molar-refractivity contribution < 1.29 is 19.4 Å². The van der Waals surface area contributed by atoms with Crippen molar-refractivity contribution in [2.75, 3.05) is 33.5 Å². The van der Waals surface area contributed by atoms with Crippen molar-refractivity contribution in [2.24, 2.45) is 5.92 Å². The number of likely N-dealkylation sites (N-methyl/N-ethyl adjacent to an activating group) is 1. The number of hydrogen-bond donors (Lipinski definition) is 1. The number of methoxy groups -OCH3 is 1. The second kappa shape index (κ2) is 6.93. The van der Waals surface area contributed by atoms with Gasteiger partial charge in [0, 0.05) is 25.8 Å². The van der Waals surface area contributed by atoms with Crippen molar-refractivity contribution in [2.45, 2.75) is 32.4 Å². The summed E-state index contributed by atoms with van der Waals surface area (Å²) in [5.41, 5.74) is 0. The lowest BCUT2D eigenvalue weighted by Crippen LogP contribution is -2.47. The van der Waals surface area contributed by atoms with Crippen molar-refractivity contribution in [1.82, 2.24) is 4.90 Å². The summed E-state index contributed by atoms with van der Waals surface area (Å²) >= 11 is 0. The molecule has 1 fully saturated rings. The zero-order chi connectivity index (χ0) is 12.8. The molecule has 1 aliphatic rings. The summed E-state index contributed by atoms with van der Waals surface area (Å²) < 4.78 is 10.4. The molecule has 1 aliphatic heterocycles. The number of carbonyl (C=O) groups is 1. The average molecular weight is 245 g/mol. The molecule has 17 heavy (non-hydrogen) atoms. The van der Waals surface area contributed by atoms with Gasteiger partial charge < -0.3 is 14.6 Å². The van der Waals surface area contributed by atoms with Gasteiger partial charge in [-0.3, -0.25) is 9.69 Å². The van der Waals surface area contributed by atoms with Gasteiger partial charge in [0.25, 0.3) is 0 Å². The van der Waals surface area contributed by atoms with E-state index in [0.717, 1.165) is 13.0 Å². The molecule has 1 N–H and O–H groups in total. The Morgan fingerprint density at radius 2 is 2.29 bits per heavy atom. The van der Waals surface area contributed by atoms with Gasteiger partial charge in [0.2, 0.25) is 0 Å². The molecule has 0 spiro atoms. The average Bonchev–Trinajstić information content (AvgIpc) is 2.76. The predicted octanol–water partition coefficient (Wildman–Crippen LogP) is 0.833. The van der Waals surface area contributed by atoms with E-state index in [0.29, 0.717) is 25.9 Å². The molecule has 0 radical (unpaired) electrons. The van der Waals surface area contributed by atoms with Crippen molar-refractivity contribution in [3.63, 3.8) is 0 Å². The largest absolute Gasteiger partial charge is 0.481 e. The highest BCUT2D eigenvalue weighted by Gasteiger charge is 2.38. The van der Waals surface area contributed by atoms with Gasteiger partial charge in [-0.15, -0.1) is 0 Å². The van der Waals surface area contributed by atoms with Crippen molar-refractivity contribution in [1.29, 1.82) is 0 Å². The van der Waals surface area contributed by atoms with Gasteiger partial charge >= 0.3 is 5.97 Å². The van der Waals surface area contributed by atoms with E-state index in [4.69, 9.17) is 14.6 Å². The molecule has 0 saturated carbocycles. The van der Waals surface area contributed by atoms with Gasteiger partial charge in [-0.2, -0.15) is 0 Å². The number of carboxylic acid groups (broad SMARTS) is 1. The van der Waals surface area contributed by atoms with E-state index in [1.807, 2.05) is 0 Å². The van der Waals surface area contributed by atoms with Crippen LogP contribution < -0.4 is 0 Å². The molecule has 3 atom stereocenters. The Morgan fingerprint density at radius 3 is 2.82 bits per heavy atom. The molecule has 0 aromatic carbocycles. The highest BCUT2D eigenvalue weighted by Crippen LogP contribution is 2.22. The van der Waals surface area contributed by atoms with Crippen LogP contribution >= 0.6 is 0 Å². The van der Waals surface area contributed by atoms with Crippen LogP contribution in [0.5, 0.6) is 0 Å². The Balaban J connectivity index is 2.62. The zero-order valence-electron chi connectivity index (χ0n) is 10.9. The van der Waals surface area contributed by atoms with Crippen LogP contribution in [0.3, 0.4) is 0 Å². The lowest BCUT2D eigenvalue weighted by atomic mass is 10.00. The molecule has 3 unspecified atom stereocenters. The maximum absolute atomic E-state index is 11.1. The van der Waals surface area contributed by atoms with E-state index in [1.54, 1.807) is 7.11 Å². The molecule has 0 aromatic heterocycles. The molecular formula is C12H23NO4. The Labute approximate surface area is 103 Å². The van der Waals surface area contributed by atoms with E-state index in [-0.39, 0.29) is 6.04 Å². The molecule has 0 aliphatic carbocycles. The van der Waals surface area contributed by atoms with Crippen LogP contribution in [0, 0.1) is 5.92 Å². The van der Waals surface area contributed by atoms with E-state index in [2.05, 4.69) is 18.7 Å². The minimum atomic E-state index is -0.759. The Morgan fingerprint density at radius 1 is 1.59 bits per heavy atom. The molecule has 5 heteroatoms. The van der Waals surface area contributed by atoms with Gasteiger partial charge in [0.15, 0.2) is 0 Å². The fourth-order valence-corrected chi connectivity index (χ4v) is 2.43. The fraction of sp³-hybridized carbons (Fsp3) is 0.917. The van der Waals surface area contributed by atoms with Crippen LogP contribution in [-0.4, -0.2) is 61.5 Å². The molecule has 1 rings (SSSR count). The lowest BCUT2D eigenvalue weighted by molar-refractivity contribution is -0.143. The van der Waals surface area contributed by atoms with Gasteiger partial charge in [0.05, 0.1) is 19.1 Å². The fourth-order valence-electron chi connectivity index (χ4n) is 2.43. The number of hydrogen-bond acceptors (Lipinski definition) is 4. The molecule has 5 nitrogen and oxygen atoms in total. The molecular weight excluding hydrogens is 222 g/mol. The standard InChI is InChI=1S/C12H23NO4/c1-4-13(9(2)5-6-16-3)11-8-17-7-10(11)12(14)15/h9-11H,4-8H2,1-3H3,(H,14,15). The first-order valence-electron chi connectivity index (χ1n) is 6.17. The quantitative estimate of drug-likeness (QED) is 0.720. The maximum Gasteiger partial charge on any atom is 0.310 e. The van der Waals surface area contributed by atoms with Crippen LogP contribution in [0.4, 0.5) is 0 Å². The minimum Gasteiger partial charge on any atom is -0.481 e. The second-order valence-electron chi connectivity index (χ2n) is 4.51. The molecule has 1 saturated heterocycles. The smallest absolute Gasteiger partial charge is 0.310 e. The van der Waals surface area contributed by atoms with Crippen LogP contribution in [0.2, 0.25) is 0 Å². The van der Waals surface area contributed by atoms with Crippen molar-refractivity contribution in [3.05, 3.63) is 0 Å². The van der Waals surface area contributed by atoms with Gasteiger partial charge in [0.1, 0.15) is 0 Å². The summed E-state index contributed by atoms with van der Waals surface area (Å²) in [5, 5.41) is 9.15. The predicted molar refractivity (Wildman–Crippen MR) is 64.1 cm³/mol. The molecule has 0 amide bonds. The Bertz CT molecular complexity index is 247. The van der Waals surface area contributed by atoms with Crippen LogP contribution in [0.15, 0.2) is 0 Å². The third kappa shape index (κ3) is 3.66. The monoisotopic (exact) mass is 245 g/mol. The number of carboxylic acids is 1. The van der Waals surface area contributed by atoms with Crippen LogP contribution in [-0.2, 0) is 14.3 Å². The van der Waals surface area contributed by atoms with Crippen molar-refractivity contribution >= 4 is 5.97 Å². The zero-order valence-corrected chi connectivity index (χ0v) is 10.9. The van der Waals surface area contributed by atoms with E-state index < -0.39 is 11.9 Å². The number of rotatable bonds is 7. The third-order valence-electron chi connectivity index (χ3n) is 3.46. The summed E-state index contributed by atoms with van der Waals surface area (Å²) in [5.74, 6) is -1.16. The van der Waals surface area contributed by atoms with Crippen LogP contribution in [0.1, 0.15) is 20.3 Å². The first-order valence-corrected chi connectivity index (χ1v) is 6.17. The highest BCUT2D eigenvalue weighted by atomic mass is 16.5. The summed E-state index contributed by atoms with van der Waals surface area (Å²) in [7, 11) is 1.68. The summed E-state index contributed by atoms with van der Waals surface area (Å²) in [6, 6.07) is 0.304. The number of nitrogens with zero attached hydrogens (tertiary/aromatic N) is 1. The summed E-state index contributed by atoms with van der Waals surface area (Å²) in [6.07, 6.45) is 0.910. The van der Waals surface area contributed by atoms with Gasteiger partial charge in [-0.1, -0.05) is 6.92 Å². The molecule has 0 bridgehead atoms. The van der Waals surface area contributed by atoms with Gasteiger partial charge in [-0.05, 0) is 19.9 Å². The summed E-state index contributed by atoms with van der Waals surface area (Å²) in [6.45, 7) is 6.54. The summed E-state index contributed by atoms with van der Waals surface area (Å²) in [4.78, 5) is 13.4. The first kappa shape index (κ1) is 14.4. The van der Waals surface area contributed by atoms with E-state index in [1.165, 1.54) is 0 Å².